The average Bonchev–Trinajstić information content (AvgIpc) is 2.74. The molecule has 0 fully saturated rings. The Bertz CT molecular complexity index is 487. The Morgan fingerprint density at radius 2 is 1.65 bits per heavy atom. The van der Waals surface area contributed by atoms with Gasteiger partial charge in [-0.3, -0.25) is 0 Å². The molecule has 0 saturated carbocycles. The van der Waals surface area contributed by atoms with Gasteiger partial charge in [0.1, 0.15) is 0 Å². The van der Waals surface area contributed by atoms with Crippen molar-refractivity contribution in [2.75, 3.05) is 0 Å². The van der Waals surface area contributed by atoms with Crippen LogP contribution in [0, 0.1) is 0 Å². The minimum absolute atomic E-state index is 0.0365. The largest absolute Gasteiger partial charge is 0.320 e. The van der Waals surface area contributed by atoms with Crippen molar-refractivity contribution in [3.05, 3.63) is 56.2 Å². The Kier molecular flexibility index (Phi) is 4.02. The third-order valence-electron chi connectivity index (χ3n) is 2.89. The standard InChI is InChI=1S/C14H16BrNS/c1-9(2)10-3-5-11(6-4-10)13(16)14-12(15)7-8-17-14/h3-9,13H,16H2,1-2H3. The van der Waals surface area contributed by atoms with Gasteiger partial charge in [0.05, 0.1) is 6.04 Å². The van der Waals surface area contributed by atoms with Gasteiger partial charge in [-0.25, -0.2) is 0 Å². The molecule has 0 saturated heterocycles. The average molecular weight is 310 g/mol. The summed E-state index contributed by atoms with van der Waals surface area (Å²) in [6.07, 6.45) is 0. The molecule has 1 atom stereocenters. The van der Waals surface area contributed by atoms with Gasteiger partial charge in [0, 0.05) is 9.35 Å². The summed E-state index contributed by atoms with van der Waals surface area (Å²) >= 11 is 5.22. The van der Waals surface area contributed by atoms with E-state index in [0.29, 0.717) is 5.92 Å². The topological polar surface area (TPSA) is 26.0 Å². The van der Waals surface area contributed by atoms with Crippen LogP contribution in [-0.4, -0.2) is 0 Å². The fraction of sp³-hybridized carbons (Fsp3) is 0.286. The molecule has 1 unspecified atom stereocenters. The number of benzene rings is 1. The van der Waals surface area contributed by atoms with Crippen molar-refractivity contribution in [3.8, 4) is 0 Å². The summed E-state index contributed by atoms with van der Waals surface area (Å²) in [4.78, 5) is 1.18. The second kappa shape index (κ2) is 5.34. The lowest BCUT2D eigenvalue weighted by atomic mass is 9.99. The van der Waals surface area contributed by atoms with Gasteiger partial charge < -0.3 is 5.73 Å². The SMILES string of the molecule is CC(C)c1ccc(C(N)c2sccc2Br)cc1. The van der Waals surface area contributed by atoms with Gasteiger partial charge in [-0.1, -0.05) is 38.1 Å². The minimum Gasteiger partial charge on any atom is -0.320 e. The van der Waals surface area contributed by atoms with Gasteiger partial charge in [0.25, 0.3) is 0 Å². The first kappa shape index (κ1) is 12.8. The lowest BCUT2D eigenvalue weighted by Gasteiger charge is -2.13. The third-order valence-corrected chi connectivity index (χ3v) is 4.84. The minimum atomic E-state index is -0.0365. The molecule has 0 spiro atoms. The molecule has 0 bridgehead atoms. The van der Waals surface area contributed by atoms with E-state index in [1.54, 1.807) is 11.3 Å². The number of thiophene rings is 1. The smallest absolute Gasteiger partial charge is 0.0657 e. The quantitative estimate of drug-likeness (QED) is 0.875. The van der Waals surface area contributed by atoms with E-state index in [0.717, 1.165) is 10.0 Å². The van der Waals surface area contributed by atoms with E-state index in [2.05, 4.69) is 59.4 Å². The number of nitrogens with two attached hydrogens (primary N) is 1. The fourth-order valence-corrected chi connectivity index (χ4v) is 3.42. The summed E-state index contributed by atoms with van der Waals surface area (Å²) in [5.41, 5.74) is 8.79. The second-order valence-electron chi connectivity index (χ2n) is 4.43. The Morgan fingerprint density at radius 1 is 1.06 bits per heavy atom. The van der Waals surface area contributed by atoms with Gasteiger partial charge in [-0.05, 0) is 44.4 Å². The molecule has 2 aromatic rings. The molecular formula is C14H16BrNS. The first-order valence-corrected chi connectivity index (χ1v) is 7.35. The molecule has 1 heterocycles. The summed E-state index contributed by atoms with van der Waals surface area (Å²) in [6.45, 7) is 4.40. The highest BCUT2D eigenvalue weighted by Gasteiger charge is 2.13. The Labute approximate surface area is 115 Å². The summed E-state index contributed by atoms with van der Waals surface area (Å²) in [5.74, 6) is 0.564. The van der Waals surface area contributed by atoms with Crippen LogP contribution in [0.2, 0.25) is 0 Å². The van der Waals surface area contributed by atoms with Crippen LogP contribution in [0.25, 0.3) is 0 Å². The first-order chi connectivity index (χ1) is 8.09. The molecule has 3 heteroatoms. The normalized spacial score (nSPS) is 13.0. The predicted octanol–water partition coefficient (Wildman–Crippen LogP) is 4.68. The zero-order chi connectivity index (χ0) is 12.4. The van der Waals surface area contributed by atoms with Crippen LogP contribution < -0.4 is 5.73 Å². The third kappa shape index (κ3) is 2.79. The van der Waals surface area contributed by atoms with E-state index in [1.807, 2.05) is 6.07 Å². The molecule has 1 aromatic carbocycles. The maximum Gasteiger partial charge on any atom is 0.0657 e. The molecule has 2 N–H and O–H groups in total. The van der Waals surface area contributed by atoms with E-state index < -0.39 is 0 Å². The van der Waals surface area contributed by atoms with Crippen molar-refractivity contribution >= 4 is 27.3 Å². The van der Waals surface area contributed by atoms with Gasteiger partial charge in [-0.15, -0.1) is 11.3 Å². The Morgan fingerprint density at radius 3 is 2.12 bits per heavy atom. The number of halogens is 1. The lowest BCUT2D eigenvalue weighted by molar-refractivity contribution is 0.853. The highest BCUT2D eigenvalue weighted by molar-refractivity contribution is 9.10. The lowest BCUT2D eigenvalue weighted by Crippen LogP contribution is -2.10. The molecule has 90 valence electrons. The van der Waals surface area contributed by atoms with E-state index >= 15 is 0 Å². The van der Waals surface area contributed by atoms with E-state index in [-0.39, 0.29) is 6.04 Å². The van der Waals surface area contributed by atoms with E-state index in [1.165, 1.54) is 10.4 Å². The number of hydrogen-bond donors (Lipinski definition) is 1. The van der Waals surface area contributed by atoms with Crippen LogP contribution in [-0.2, 0) is 0 Å². The summed E-state index contributed by atoms with van der Waals surface area (Å²) in [7, 11) is 0. The summed E-state index contributed by atoms with van der Waals surface area (Å²) in [5, 5.41) is 2.06. The Balaban J connectivity index is 2.26. The zero-order valence-corrected chi connectivity index (χ0v) is 12.4. The van der Waals surface area contributed by atoms with Crippen molar-refractivity contribution in [1.82, 2.24) is 0 Å². The molecule has 0 radical (unpaired) electrons. The molecule has 1 aromatic heterocycles. The maximum absolute atomic E-state index is 6.27. The second-order valence-corrected chi connectivity index (χ2v) is 6.23. The predicted molar refractivity (Wildman–Crippen MR) is 78.6 cm³/mol. The van der Waals surface area contributed by atoms with Crippen molar-refractivity contribution in [3.63, 3.8) is 0 Å². The van der Waals surface area contributed by atoms with Gasteiger partial charge >= 0.3 is 0 Å². The van der Waals surface area contributed by atoms with Crippen molar-refractivity contribution in [2.24, 2.45) is 5.73 Å². The summed E-state index contributed by atoms with van der Waals surface area (Å²) in [6, 6.07) is 10.6. The van der Waals surface area contributed by atoms with Gasteiger partial charge in [0.15, 0.2) is 0 Å². The summed E-state index contributed by atoms with van der Waals surface area (Å²) < 4.78 is 1.10. The van der Waals surface area contributed by atoms with Crippen molar-refractivity contribution < 1.29 is 0 Å². The first-order valence-electron chi connectivity index (χ1n) is 5.68. The van der Waals surface area contributed by atoms with Crippen LogP contribution >= 0.6 is 27.3 Å². The molecular weight excluding hydrogens is 294 g/mol. The van der Waals surface area contributed by atoms with E-state index in [9.17, 15) is 0 Å². The highest BCUT2D eigenvalue weighted by atomic mass is 79.9. The molecule has 0 aliphatic heterocycles. The molecule has 1 nitrogen and oxygen atoms in total. The molecule has 0 aliphatic rings. The van der Waals surface area contributed by atoms with Gasteiger partial charge in [0.2, 0.25) is 0 Å². The fourth-order valence-electron chi connectivity index (χ4n) is 1.77. The van der Waals surface area contributed by atoms with Crippen LogP contribution in [0.1, 0.15) is 41.8 Å². The zero-order valence-electron chi connectivity index (χ0n) is 9.98. The number of hydrogen-bond acceptors (Lipinski definition) is 2. The molecule has 0 aliphatic carbocycles. The van der Waals surface area contributed by atoms with Crippen LogP contribution in [0.15, 0.2) is 40.2 Å². The highest BCUT2D eigenvalue weighted by Crippen LogP contribution is 2.31. The van der Waals surface area contributed by atoms with Gasteiger partial charge in [-0.2, -0.15) is 0 Å². The Hall–Kier alpha value is -0.640. The van der Waals surface area contributed by atoms with Crippen LogP contribution in [0.3, 0.4) is 0 Å². The van der Waals surface area contributed by atoms with Crippen molar-refractivity contribution in [1.29, 1.82) is 0 Å². The van der Waals surface area contributed by atoms with Crippen LogP contribution in [0.4, 0.5) is 0 Å². The number of rotatable bonds is 3. The monoisotopic (exact) mass is 309 g/mol. The maximum atomic E-state index is 6.27. The molecule has 0 amide bonds. The molecule has 17 heavy (non-hydrogen) atoms. The molecule has 2 rings (SSSR count). The van der Waals surface area contributed by atoms with Crippen molar-refractivity contribution in [2.45, 2.75) is 25.8 Å². The van der Waals surface area contributed by atoms with Crippen LogP contribution in [0.5, 0.6) is 0 Å². The van der Waals surface area contributed by atoms with E-state index in [4.69, 9.17) is 5.73 Å².